The summed E-state index contributed by atoms with van der Waals surface area (Å²) in [4.78, 5) is 17.6. The van der Waals surface area contributed by atoms with Crippen LogP contribution in [-0.2, 0) is 37.9 Å². The number of carbonyl (C=O) groups is 1. The van der Waals surface area contributed by atoms with E-state index >= 15 is 0 Å². The van der Waals surface area contributed by atoms with Crippen molar-refractivity contribution in [2.75, 3.05) is 4.90 Å². The van der Waals surface area contributed by atoms with E-state index in [-0.39, 0.29) is 6.42 Å². The summed E-state index contributed by atoms with van der Waals surface area (Å²) in [5.41, 5.74) is 4.36. The van der Waals surface area contributed by atoms with Gasteiger partial charge in [-0.1, -0.05) is 75.5 Å². The molecule has 1 aromatic heterocycles. The molecule has 0 aliphatic heterocycles. The van der Waals surface area contributed by atoms with Crippen LogP contribution in [0.2, 0.25) is 10.0 Å². The summed E-state index contributed by atoms with van der Waals surface area (Å²) in [5.74, 6) is -0.847. The third-order valence-corrected chi connectivity index (χ3v) is 9.34. The summed E-state index contributed by atoms with van der Waals surface area (Å²) in [6.45, 7) is 0.328. The average molecular weight is 692 g/mol. The zero-order valence-corrected chi connectivity index (χ0v) is 25.2. The van der Waals surface area contributed by atoms with Crippen molar-refractivity contribution in [3.05, 3.63) is 97.3 Å². The first-order valence-electron chi connectivity index (χ1n) is 11.6. The molecule has 0 saturated carbocycles. The Morgan fingerprint density at radius 3 is 2.35 bits per heavy atom. The Kier molecular flexibility index (Phi) is 10.3. The Labute approximate surface area is 250 Å². The summed E-state index contributed by atoms with van der Waals surface area (Å²) in [7, 11) is -4.55. The molecule has 0 bridgehead atoms. The maximum absolute atomic E-state index is 12.6. The van der Waals surface area contributed by atoms with Crippen LogP contribution < -0.4 is 4.90 Å². The smallest absolute Gasteiger partial charge is 0.399 e. The first kappa shape index (κ1) is 30.6. The van der Waals surface area contributed by atoms with Crippen molar-refractivity contribution in [3.8, 4) is 11.3 Å². The number of hydrogen-bond acceptors (Lipinski definition) is 7. The molecule has 0 fully saturated rings. The maximum atomic E-state index is 12.6. The number of benzene rings is 3. The van der Waals surface area contributed by atoms with Gasteiger partial charge in [-0.25, -0.2) is 4.98 Å². The van der Waals surface area contributed by atoms with Crippen molar-refractivity contribution < 1.29 is 33.0 Å². The van der Waals surface area contributed by atoms with E-state index in [4.69, 9.17) is 33.3 Å². The standard InChI is InChI=1S/C26H20BrCl2F2N2O5PS/c27-21-11-17(3-7-19(21)14-39(36,37-30)38-31)13-33(20-8-9-22(28)23(29)12-20)26-32-24(15-40-26)18-5-1-16(2-6-18)4-10-25(34)35/h1-3,5-9,11-12,15H,4,10,13-14H2,(H,34,35). The predicted octanol–water partition coefficient (Wildman–Crippen LogP) is 9.73. The summed E-state index contributed by atoms with van der Waals surface area (Å²) in [6.07, 6.45) is -0.110. The molecule has 14 heteroatoms. The van der Waals surface area contributed by atoms with Gasteiger partial charge in [-0.05, 0) is 56.4 Å². The van der Waals surface area contributed by atoms with E-state index in [1.165, 1.54) is 11.3 Å². The highest BCUT2D eigenvalue weighted by Gasteiger charge is 2.29. The molecule has 0 aliphatic carbocycles. The molecule has 210 valence electrons. The number of aromatic nitrogens is 1. The number of carboxylic acids is 1. The Morgan fingerprint density at radius 2 is 1.73 bits per heavy atom. The van der Waals surface area contributed by atoms with E-state index in [1.807, 2.05) is 40.6 Å². The maximum Gasteiger partial charge on any atom is 0.399 e. The van der Waals surface area contributed by atoms with E-state index in [0.29, 0.717) is 38.2 Å². The topological polar surface area (TPSA) is 89.0 Å². The number of anilines is 2. The first-order chi connectivity index (χ1) is 19.1. The molecule has 4 aromatic rings. The molecule has 7 nitrogen and oxygen atoms in total. The van der Waals surface area contributed by atoms with Crippen molar-refractivity contribution in [2.24, 2.45) is 0 Å². The van der Waals surface area contributed by atoms with Gasteiger partial charge in [0.1, 0.15) is 0 Å². The molecule has 0 spiro atoms. The molecule has 0 atom stereocenters. The fourth-order valence-corrected chi connectivity index (χ4v) is 6.55. The van der Waals surface area contributed by atoms with Gasteiger partial charge in [0.15, 0.2) is 5.13 Å². The minimum Gasteiger partial charge on any atom is -0.481 e. The van der Waals surface area contributed by atoms with Crippen molar-refractivity contribution in [2.45, 2.75) is 25.5 Å². The lowest BCUT2D eigenvalue weighted by molar-refractivity contribution is -0.136. The van der Waals surface area contributed by atoms with Crippen LogP contribution in [0.4, 0.5) is 19.9 Å². The molecule has 1 N–H and O–H groups in total. The minimum atomic E-state index is -4.55. The number of thiazole rings is 1. The number of hydrogen-bond donors (Lipinski definition) is 1. The van der Waals surface area contributed by atoms with E-state index in [1.54, 1.807) is 30.3 Å². The van der Waals surface area contributed by atoms with Crippen LogP contribution in [0.3, 0.4) is 0 Å². The molecule has 0 amide bonds. The summed E-state index contributed by atoms with van der Waals surface area (Å²) >= 11 is 17.2. The molecule has 0 unspecified atom stereocenters. The largest absolute Gasteiger partial charge is 0.481 e. The monoisotopic (exact) mass is 690 g/mol. The number of aryl methyl sites for hydroxylation is 1. The molecule has 0 saturated heterocycles. The van der Waals surface area contributed by atoms with Gasteiger partial charge < -0.3 is 10.0 Å². The third kappa shape index (κ3) is 7.67. The van der Waals surface area contributed by atoms with Crippen LogP contribution in [0.25, 0.3) is 11.3 Å². The third-order valence-electron chi connectivity index (χ3n) is 5.85. The van der Waals surface area contributed by atoms with Crippen LogP contribution in [0.15, 0.2) is 70.5 Å². The fourth-order valence-electron chi connectivity index (χ4n) is 3.80. The van der Waals surface area contributed by atoms with Gasteiger partial charge in [0.25, 0.3) is 0 Å². The van der Waals surface area contributed by atoms with Crippen LogP contribution in [-0.4, -0.2) is 16.1 Å². The molecule has 40 heavy (non-hydrogen) atoms. The van der Waals surface area contributed by atoms with Crippen molar-refractivity contribution in [1.82, 2.24) is 4.98 Å². The van der Waals surface area contributed by atoms with Gasteiger partial charge in [0.2, 0.25) is 0 Å². The van der Waals surface area contributed by atoms with E-state index in [9.17, 15) is 18.4 Å². The van der Waals surface area contributed by atoms with Crippen molar-refractivity contribution >= 4 is 74.9 Å². The second kappa shape index (κ2) is 13.5. The molecule has 3 aromatic carbocycles. The van der Waals surface area contributed by atoms with Crippen LogP contribution >= 0.6 is 58.1 Å². The Hall–Kier alpha value is -2.37. The number of rotatable bonds is 12. The van der Waals surface area contributed by atoms with Crippen LogP contribution in [0.5, 0.6) is 0 Å². The van der Waals surface area contributed by atoms with Gasteiger partial charge >= 0.3 is 13.6 Å². The van der Waals surface area contributed by atoms with E-state index < -0.39 is 19.7 Å². The van der Waals surface area contributed by atoms with Gasteiger partial charge in [-0.2, -0.15) is 0 Å². The molecule has 4 rings (SSSR count). The lowest BCUT2D eigenvalue weighted by atomic mass is 10.1. The number of aliphatic carboxylic acids is 1. The van der Waals surface area contributed by atoms with Gasteiger partial charge in [-0.3, -0.25) is 9.36 Å². The lowest BCUT2D eigenvalue weighted by Gasteiger charge is -2.23. The lowest BCUT2D eigenvalue weighted by Crippen LogP contribution is -2.16. The zero-order valence-electron chi connectivity index (χ0n) is 20.4. The summed E-state index contributed by atoms with van der Waals surface area (Å²) in [6, 6.07) is 17.8. The Morgan fingerprint density at radius 1 is 1.02 bits per heavy atom. The van der Waals surface area contributed by atoms with Crippen LogP contribution in [0, 0.1) is 0 Å². The van der Waals surface area contributed by atoms with Gasteiger partial charge in [0, 0.05) is 27.5 Å². The quantitative estimate of drug-likeness (QED) is 0.148. The van der Waals surface area contributed by atoms with Crippen molar-refractivity contribution in [1.29, 1.82) is 0 Å². The van der Waals surface area contributed by atoms with Gasteiger partial charge in [0.05, 0.1) is 28.4 Å². The summed E-state index contributed by atoms with van der Waals surface area (Å²) in [5, 5.41) is 12.2. The van der Waals surface area contributed by atoms with Crippen molar-refractivity contribution in [3.63, 3.8) is 0 Å². The molecular weight excluding hydrogens is 672 g/mol. The highest BCUT2D eigenvalue weighted by atomic mass is 79.9. The predicted molar refractivity (Wildman–Crippen MR) is 156 cm³/mol. The van der Waals surface area contributed by atoms with E-state index in [0.717, 1.165) is 28.1 Å². The van der Waals surface area contributed by atoms with Crippen LogP contribution in [0.1, 0.15) is 23.1 Å². The highest BCUT2D eigenvalue weighted by molar-refractivity contribution is 9.10. The molecule has 0 aliphatic rings. The second-order valence-electron chi connectivity index (χ2n) is 8.62. The molecule has 1 heterocycles. The summed E-state index contributed by atoms with van der Waals surface area (Å²) < 4.78 is 43.9. The first-order valence-corrected chi connectivity index (χ1v) is 15.7. The number of nitrogens with zero attached hydrogens (tertiary/aromatic N) is 2. The number of carboxylic acid groups (broad SMARTS) is 1. The molecule has 0 radical (unpaired) electrons. The zero-order chi connectivity index (χ0) is 28.9. The highest BCUT2D eigenvalue weighted by Crippen LogP contribution is 2.53. The second-order valence-corrected chi connectivity index (χ2v) is 12.9. The Balaban J connectivity index is 1.63. The molecular formula is C26H20BrCl2F2N2O5PS. The van der Waals surface area contributed by atoms with Gasteiger partial charge in [-0.15, -0.1) is 20.8 Å². The fraction of sp³-hybridized carbons (Fsp3) is 0.154. The van der Waals surface area contributed by atoms with E-state index in [2.05, 4.69) is 25.4 Å². The number of halogens is 5. The SMILES string of the molecule is O=C(O)CCc1ccc(-c2csc(N(Cc3ccc(CP(=O)(OF)OF)c(Br)c3)c3ccc(Cl)c(Cl)c3)n2)cc1. The average Bonchev–Trinajstić information content (AvgIpc) is 3.44. The minimum absolute atomic E-state index is 0.0580. The normalized spacial score (nSPS) is 11.5. The Bertz CT molecular complexity index is 1550.